The molecule has 1 atom stereocenters. The Kier molecular flexibility index (Phi) is 5.06. The van der Waals surface area contributed by atoms with Crippen LogP contribution in [0.2, 0.25) is 0 Å². The van der Waals surface area contributed by atoms with Crippen molar-refractivity contribution in [3.8, 4) is 5.75 Å². The van der Waals surface area contributed by atoms with E-state index >= 15 is 0 Å². The number of aryl methyl sites for hydroxylation is 1. The summed E-state index contributed by atoms with van der Waals surface area (Å²) >= 11 is 0. The number of fused-ring (bicyclic) bond motifs is 1. The second-order valence-electron chi connectivity index (χ2n) is 6.63. The summed E-state index contributed by atoms with van der Waals surface area (Å²) < 4.78 is 0. The maximum atomic E-state index is 9.62. The standard InChI is InChI=1S/C17H28N2O/c1-13(2)12-19(10-9-18(3)4)17-8-5-14-11-15(20)6-7-16(14)17/h6-7,11,13,17,20H,5,8-10,12H2,1-4H3. The maximum absolute atomic E-state index is 9.62. The van der Waals surface area contributed by atoms with Gasteiger partial charge in [-0.25, -0.2) is 0 Å². The Bertz CT molecular complexity index is 443. The Balaban J connectivity index is 2.14. The second kappa shape index (κ2) is 6.59. The molecule has 1 aromatic carbocycles. The van der Waals surface area contributed by atoms with Crippen molar-refractivity contribution >= 4 is 0 Å². The molecule has 2 rings (SSSR count). The number of likely N-dealkylation sites (N-methyl/N-ethyl adjacent to an activating group) is 1. The monoisotopic (exact) mass is 276 g/mol. The quantitative estimate of drug-likeness (QED) is 0.865. The minimum absolute atomic E-state index is 0.396. The van der Waals surface area contributed by atoms with Crippen LogP contribution in [0.25, 0.3) is 0 Å². The number of hydrogen-bond donors (Lipinski definition) is 1. The summed E-state index contributed by atoms with van der Waals surface area (Å²) in [4.78, 5) is 4.87. The number of rotatable bonds is 6. The van der Waals surface area contributed by atoms with E-state index in [0.717, 1.165) is 26.1 Å². The molecule has 3 heteroatoms. The summed E-state index contributed by atoms with van der Waals surface area (Å²) in [7, 11) is 4.27. The summed E-state index contributed by atoms with van der Waals surface area (Å²) in [5.41, 5.74) is 2.75. The van der Waals surface area contributed by atoms with Gasteiger partial charge in [-0.2, -0.15) is 0 Å². The largest absolute Gasteiger partial charge is 0.508 e. The molecule has 1 aliphatic carbocycles. The normalized spacial score (nSPS) is 18.2. The minimum atomic E-state index is 0.396. The smallest absolute Gasteiger partial charge is 0.115 e. The van der Waals surface area contributed by atoms with Gasteiger partial charge < -0.3 is 10.0 Å². The molecule has 112 valence electrons. The van der Waals surface area contributed by atoms with Crippen molar-refractivity contribution in [2.45, 2.75) is 32.7 Å². The molecule has 1 N–H and O–H groups in total. The molecule has 0 radical (unpaired) electrons. The van der Waals surface area contributed by atoms with Gasteiger partial charge in [0.25, 0.3) is 0 Å². The molecule has 0 saturated carbocycles. The molecule has 1 aromatic rings. The van der Waals surface area contributed by atoms with Crippen LogP contribution in [-0.4, -0.2) is 48.6 Å². The predicted octanol–water partition coefficient (Wildman–Crippen LogP) is 2.90. The van der Waals surface area contributed by atoms with E-state index in [0.29, 0.717) is 17.7 Å². The van der Waals surface area contributed by atoms with Gasteiger partial charge in [0, 0.05) is 25.7 Å². The zero-order chi connectivity index (χ0) is 14.7. The van der Waals surface area contributed by atoms with E-state index in [2.05, 4.69) is 43.8 Å². The lowest BCUT2D eigenvalue weighted by Crippen LogP contribution is -2.36. The molecule has 0 amide bonds. The number of phenols is 1. The fourth-order valence-electron chi connectivity index (χ4n) is 3.13. The van der Waals surface area contributed by atoms with Crippen LogP contribution in [0, 0.1) is 5.92 Å². The Morgan fingerprint density at radius 2 is 2.00 bits per heavy atom. The van der Waals surface area contributed by atoms with Gasteiger partial charge in [-0.05, 0) is 56.1 Å². The number of benzene rings is 1. The fraction of sp³-hybridized carbons (Fsp3) is 0.647. The van der Waals surface area contributed by atoms with Gasteiger partial charge in [-0.1, -0.05) is 19.9 Å². The van der Waals surface area contributed by atoms with E-state index in [-0.39, 0.29) is 0 Å². The molecular formula is C17H28N2O. The number of aromatic hydroxyl groups is 1. The molecule has 3 nitrogen and oxygen atoms in total. The minimum Gasteiger partial charge on any atom is -0.508 e. The highest BCUT2D eigenvalue weighted by molar-refractivity contribution is 5.40. The summed E-state index contributed by atoms with van der Waals surface area (Å²) in [6, 6.07) is 6.41. The van der Waals surface area contributed by atoms with Gasteiger partial charge in [-0.3, -0.25) is 4.90 Å². The van der Waals surface area contributed by atoms with E-state index in [1.807, 2.05) is 12.1 Å². The molecule has 0 fully saturated rings. The lowest BCUT2D eigenvalue weighted by Gasteiger charge is -2.32. The highest BCUT2D eigenvalue weighted by atomic mass is 16.3. The Morgan fingerprint density at radius 1 is 1.25 bits per heavy atom. The number of nitrogens with zero attached hydrogens (tertiary/aromatic N) is 2. The summed E-state index contributed by atoms with van der Waals surface area (Å²) in [6.45, 7) is 7.91. The first-order chi connectivity index (χ1) is 9.47. The third-order valence-corrected chi connectivity index (χ3v) is 4.05. The average Bonchev–Trinajstić information content (AvgIpc) is 2.76. The van der Waals surface area contributed by atoms with Crippen LogP contribution in [0.5, 0.6) is 5.75 Å². The third-order valence-electron chi connectivity index (χ3n) is 4.05. The molecule has 0 aromatic heterocycles. The van der Waals surface area contributed by atoms with Crippen molar-refractivity contribution in [1.29, 1.82) is 0 Å². The van der Waals surface area contributed by atoms with E-state index in [1.54, 1.807) is 0 Å². The molecule has 0 saturated heterocycles. The fourth-order valence-corrected chi connectivity index (χ4v) is 3.13. The van der Waals surface area contributed by atoms with Crippen LogP contribution < -0.4 is 0 Å². The predicted molar refractivity (Wildman–Crippen MR) is 84.1 cm³/mol. The van der Waals surface area contributed by atoms with Gasteiger partial charge >= 0.3 is 0 Å². The highest BCUT2D eigenvalue weighted by Crippen LogP contribution is 2.37. The number of phenolic OH excluding ortho intramolecular Hbond substituents is 1. The van der Waals surface area contributed by atoms with E-state index in [9.17, 15) is 5.11 Å². The van der Waals surface area contributed by atoms with Crippen molar-refractivity contribution < 1.29 is 5.11 Å². The Hall–Kier alpha value is -1.06. The van der Waals surface area contributed by atoms with E-state index < -0.39 is 0 Å². The molecule has 0 heterocycles. The van der Waals surface area contributed by atoms with Gasteiger partial charge in [0.15, 0.2) is 0 Å². The summed E-state index contributed by atoms with van der Waals surface area (Å²) in [5, 5.41) is 9.62. The highest BCUT2D eigenvalue weighted by Gasteiger charge is 2.28. The SMILES string of the molecule is CC(C)CN(CCN(C)C)C1CCc2cc(O)ccc21. The lowest BCUT2D eigenvalue weighted by molar-refractivity contribution is 0.160. The zero-order valence-electron chi connectivity index (χ0n) is 13.3. The van der Waals surface area contributed by atoms with Crippen LogP contribution in [-0.2, 0) is 6.42 Å². The van der Waals surface area contributed by atoms with Crippen LogP contribution in [0.3, 0.4) is 0 Å². The van der Waals surface area contributed by atoms with E-state index in [1.165, 1.54) is 17.5 Å². The average molecular weight is 276 g/mol. The third kappa shape index (κ3) is 3.74. The first kappa shape index (κ1) is 15.3. The van der Waals surface area contributed by atoms with Crippen molar-refractivity contribution in [1.82, 2.24) is 9.80 Å². The maximum Gasteiger partial charge on any atom is 0.115 e. The first-order valence-corrected chi connectivity index (χ1v) is 7.68. The van der Waals surface area contributed by atoms with Crippen LogP contribution in [0.4, 0.5) is 0 Å². The lowest BCUT2D eigenvalue weighted by atomic mass is 10.0. The molecule has 1 unspecified atom stereocenters. The van der Waals surface area contributed by atoms with Crippen LogP contribution in [0.15, 0.2) is 18.2 Å². The molecule has 0 bridgehead atoms. The van der Waals surface area contributed by atoms with Gasteiger partial charge in [0.2, 0.25) is 0 Å². The Labute approximate surface area is 123 Å². The first-order valence-electron chi connectivity index (χ1n) is 7.68. The molecule has 1 aliphatic rings. The van der Waals surface area contributed by atoms with Gasteiger partial charge in [0.05, 0.1) is 0 Å². The Morgan fingerprint density at radius 3 is 2.65 bits per heavy atom. The van der Waals surface area contributed by atoms with Crippen molar-refractivity contribution in [3.05, 3.63) is 29.3 Å². The van der Waals surface area contributed by atoms with E-state index in [4.69, 9.17) is 0 Å². The van der Waals surface area contributed by atoms with Crippen molar-refractivity contribution in [3.63, 3.8) is 0 Å². The van der Waals surface area contributed by atoms with Crippen molar-refractivity contribution in [2.75, 3.05) is 33.7 Å². The topological polar surface area (TPSA) is 26.7 Å². The van der Waals surface area contributed by atoms with Crippen molar-refractivity contribution in [2.24, 2.45) is 5.92 Å². The summed E-state index contributed by atoms with van der Waals surface area (Å²) in [6.07, 6.45) is 2.27. The molecule has 0 aliphatic heterocycles. The van der Waals surface area contributed by atoms with Crippen LogP contribution >= 0.6 is 0 Å². The molecular weight excluding hydrogens is 248 g/mol. The van der Waals surface area contributed by atoms with Gasteiger partial charge in [-0.15, -0.1) is 0 Å². The van der Waals surface area contributed by atoms with Crippen LogP contribution in [0.1, 0.15) is 37.4 Å². The van der Waals surface area contributed by atoms with Gasteiger partial charge in [0.1, 0.15) is 5.75 Å². The molecule has 20 heavy (non-hydrogen) atoms. The second-order valence-corrected chi connectivity index (χ2v) is 6.63. The molecule has 0 spiro atoms. The number of hydrogen-bond acceptors (Lipinski definition) is 3. The zero-order valence-corrected chi connectivity index (χ0v) is 13.3. The summed E-state index contributed by atoms with van der Waals surface area (Å²) in [5.74, 6) is 1.08.